The van der Waals surface area contributed by atoms with Crippen molar-refractivity contribution in [2.45, 2.75) is 83.0 Å². The number of carbonyl (C=O) groups is 2. The van der Waals surface area contributed by atoms with E-state index in [9.17, 15) is 24.9 Å². The molecule has 3 fully saturated rings. The molecule has 0 saturated carbocycles. The molecule has 16 nitrogen and oxygen atoms in total. The minimum absolute atomic E-state index is 0.00674. The molecule has 4 aliphatic rings. The van der Waals surface area contributed by atoms with Crippen LogP contribution >= 0.6 is 11.3 Å². The van der Waals surface area contributed by atoms with E-state index in [1.165, 1.54) is 4.90 Å². The van der Waals surface area contributed by atoms with Gasteiger partial charge in [0.2, 0.25) is 11.8 Å². The maximum absolute atomic E-state index is 14.2. The number of fused-ring (bicyclic) bond motifs is 3. The number of aliphatic hydroxyl groups excluding tert-OH is 2. The summed E-state index contributed by atoms with van der Waals surface area (Å²) in [6.07, 6.45) is 3.44. The number of hydrogen-bond donors (Lipinski definition) is 4. The average molecular weight is 920 g/mol. The van der Waals surface area contributed by atoms with Crippen LogP contribution in [0.25, 0.3) is 21.7 Å². The molecule has 3 aromatic heterocycles. The highest BCUT2D eigenvalue weighted by atomic mass is 32.1. The SMILES string of the molecule is Cc1ncsc1-c1ccc([C@H](CO)NC(=O)[C@@H]2C[C@@H](O)CN2C(=O)C(c2cc(OCCN3CCC(CN4CCN5c6cc(-c7ccccc7O)nnc6CC[C@H]5C4)CC3)no2)C(C)C)cc1. The number of hydrogen-bond acceptors (Lipinski definition) is 15. The zero-order chi connectivity index (χ0) is 45.9. The Labute approximate surface area is 389 Å². The molecular weight excluding hydrogens is 859 g/mol. The van der Waals surface area contributed by atoms with Crippen LogP contribution in [-0.4, -0.2) is 146 Å². The Morgan fingerprint density at radius 2 is 1.79 bits per heavy atom. The van der Waals surface area contributed by atoms with Gasteiger partial charge in [-0.25, -0.2) is 4.98 Å². The van der Waals surface area contributed by atoms with E-state index < -0.39 is 30.0 Å². The van der Waals surface area contributed by atoms with E-state index >= 15 is 0 Å². The van der Waals surface area contributed by atoms with Gasteiger partial charge in [0, 0.05) is 63.4 Å². The highest BCUT2D eigenvalue weighted by Gasteiger charge is 2.44. The van der Waals surface area contributed by atoms with Crippen LogP contribution in [0.5, 0.6) is 11.6 Å². The van der Waals surface area contributed by atoms with Crippen LogP contribution in [0.4, 0.5) is 5.69 Å². The standard InChI is InChI=1S/C49H61N9O7S/c1-30(2)46(49(63)58-27-36(60)22-42(58)48(62)51-40(28-59)33-8-10-34(11-9-33)47-31(3)50-29-66-47)44-24-45(54-65-44)64-21-20-55-16-14-32(15-17-55)25-56-18-19-57-35(26-56)12-13-38-41(57)23-39(53-52-38)37-6-4-5-7-43(37)61/h4-11,23-24,29-30,32,35-36,40,42,46,59-61H,12-22,25-28H2,1-3H3,(H,51,62)/t35-,36+,40-,42-,46?/m0/s1. The fraction of sp³-hybridized carbons (Fsp3) is 0.510. The number of ether oxygens (including phenoxy) is 1. The number of piperidine rings is 1. The number of benzene rings is 2. The maximum atomic E-state index is 14.2. The molecule has 0 bridgehead atoms. The van der Waals surface area contributed by atoms with Gasteiger partial charge in [-0.05, 0) is 92.0 Å². The number of para-hydroxylation sites is 1. The molecule has 2 amide bonds. The lowest BCUT2D eigenvalue weighted by atomic mass is 9.91. The topological polar surface area (TPSA) is 194 Å². The van der Waals surface area contributed by atoms with Crippen molar-refractivity contribution in [3.05, 3.63) is 88.9 Å². The van der Waals surface area contributed by atoms with Crippen LogP contribution in [0.15, 0.2) is 70.7 Å². The number of aromatic hydroxyl groups is 1. The summed E-state index contributed by atoms with van der Waals surface area (Å²) in [5, 5.41) is 47.5. The van der Waals surface area contributed by atoms with Gasteiger partial charge in [-0.3, -0.25) is 19.4 Å². The van der Waals surface area contributed by atoms with Gasteiger partial charge in [0.15, 0.2) is 5.76 Å². The first-order chi connectivity index (χ1) is 32.0. The number of likely N-dealkylation sites (tertiary alicyclic amines) is 2. The van der Waals surface area contributed by atoms with Crippen molar-refractivity contribution in [2.24, 2.45) is 11.8 Å². The van der Waals surface area contributed by atoms with E-state index in [4.69, 9.17) is 9.26 Å². The minimum atomic E-state index is -0.924. The Kier molecular flexibility index (Phi) is 14.0. The lowest BCUT2D eigenvalue weighted by Crippen LogP contribution is -2.56. The van der Waals surface area contributed by atoms with Crippen molar-refractivity contribution in [2.75, 3.05) is 70.5 Å². The van der Waals surface area contributed by atoms with Crippen LogP contribution in [0.3, 0.4) is 0 Å². The number of aromatic nitrogens is 4. The van der Waals surface area contributed by atoms with Crippen molar-refractivity contribution in [1.29, 1.82) is 0 Å². The maximum Gasteiger partial charge on any atom is 0.254 e. The number of aryl methyl sites for hydroxylation is 2. The molecule has 5 aromatic rings. The first kappa shape index (κ1) is 45.7. The Bertz CT molecular complexity index is 2450. The number of rotatable bonds is 15. The van der Waals surface area contributed by atoms with Gasteiger partial charge < -0.3 is 39.7 Å². The molecule has 4 aliphatic heterocycles. The van der Waals surface area contributed by atoms with Crippen molar-refractivity contribution in [1.82, 2.24) is 40.4 Å². The summed E-state index contributed by atoms with van der Waals surface area (Å²) in [6.45, 7) is 12.7. The van der Waals surface area contributed by atoms with E-state index in [1.807, 2.05) is 63.2 Å². The predicted octanol–water partition coefficient (Wildman–Crippen LogP) is 5.05. The summed E-state index contributed by atoms with van der Waals surface area (Å²) >= 11 is 1.55. The third-order valence-corrected chi connectivity index (χ3v) is 14.9. The van der Waals surface area contributed by atoms with E-state index in [2.05, 4.69) is 46.4 Å². The smallest absolute Gasteiger partial charge is 0.254 e. The summed E-state index contributed by atoms with van der Waals surface area (Å²) in [4.78, 5) is 42.4. The number of β-amino-alcohol motifs (C(OH)–C–C–N with tert-alkyl or cyclic N) is 1. The fourth-order valence-corrected chi connectivity index (χ4v) is 11.1. The number of piperazine rings is 1. The molecule has 0 spiro atoms. The average Bonchev–Trinajstić information content (AvgIpc) is 4.08. The molecule has 7 heterocycles. The highest BCUT2D eigenvalue weighted by molar-refractivity contribution is 7.13. The number of carbonyl (C=O) groups excluding carboxylic acids is 2. The number of aliphatic hydroxyl groups is 2. The minimum Gasteiger partial charge on any atom is -0.507 e. The number of amides is 2. The van der Waals surface area contributed by atoms with Crippen molar-refractivity contribution in [3.8, 4) is 33.3 Å². The summed E-state index contributed by atoms with van der Waals surface area (Å²) in [5.41, 5.74) is 8.07. The van der Waals surface area contributed by atoms with Crippen LogP contribution in [0.2, 0.25) is 0 Å². The Morgan fingerprint density at radius 3 is 2.53 bits per heavy atom. The first-order valence-corrected chi connectivity index (χ1v) is 24.3. The molecule has 3 saturated heterocycles. The quantitative estimate of drug-likeness (QED) is 0.109. The van der Waals surface area contributed by atoms with E-state index in [-0.39, 0.29) is 37.1 Å². The Hall–Kier alpha value is -5.46. The van der Waals surface area contributed by atoms with Gasteiger partial charge in [0.25, 0.3) is 5.88 Å². The van der Waals surface area contributed by atoms with Crippen LogP contribution < -0.4 is 15.0 Å². The fourth-order valence-electron chi connectivity index (χ4n) is 10.3. The van der Waals surface area contributed by atoms with Gasteiger partial charge in [0.1, 0.15) is 24.3 Å². The molecule has 4 N–H and O–H groups in total. The molecule has 2 aromatic carbocycles. The first-order valence-electron chi connectivity index (χ1n) is 23.4. The number of thiazole rings is 1. The van der Waals surface area contributed by atoms with Crippen LogP contribution in [0, 0.1) is 18.8 Å². The van der Waals surface area contributed by atoms with E-state index in [1.54, 1.807) is 29.0 Å². The Balaban J connectivity index is 0.731. The third-order valence-electron chi connectivity index (χ3n) is 13.9. The lowest BCUT2D eigenvalue weighted by Gasteiger charge is -2.46. The second-order valence-corrected chi connectivity index (χ2v) is 19.5. The zero-order valence-electron chi connectivity index (χ0n) is 38.0. The summed E-state index contributed by atoms with van der Waals surface area (Å²) in [7, 11) is 0. The van der Waals surface area contributed by atoms with Gasteiger partial charge in [-0.2, -0.15) is 5.10 Å². The van der Waals surface area contributed by atoms with Gasteiger partial charge in [-0.1, -0.05) is 50.2 Å². The summed E-state index contributed by atoms with van der Waals surface area (Å²) < 4.78 is 11.8. The van der Waals surface area contributed by atoms with Gasteiger partial charge >= 0.3 is 0 Å². The van der Waals surface area contributed by atoms with Gasteiger partial charge in [-0.15, -0.1) is 16.4 Å². The summed E-state index contributed by atoms with van der Waals surface area (Å²) in [5.74, 6) is -0.217. The predicted molar refractivity (Wildman–Crippen MR) is 250 cm³/mol. The number of anilines is 1. The molecule has 0 radical (unpaired) electrons. The molecule has 17 heteroatoms. The number of nitrogens with one attached hydrogen (secondary N) is 1. The summed E-state index contributed by atoms with van der Waals surface area (Å²) in [6, 6.07) is 17.5. The molecule has 1 unspecified atom stereocenters. The molecular formula is C49H61N9O7S. The molecule has 66 heavy (non-hydrogen) atoms. The normalized spacial score (nSPS) is 21.4. The second-order valence-electron chi connectivity index (χ2n) is 18.7. The monoisotopic (exact) mass is 919 g/mol. The molecule has 9 rings (SSSR count). The number of nitrogens with zero attached hydrogens (tertiary/aromatic N) is 8. The van der Waals surface area contributed by atoms with Crippen molar-refractivity contribution < 1.29 is 34.2 Å². The van der Waals surface area contributed by atoms with Crippen molar-refractivity contribution >= 4 is 28.8 Å². The molecule has 5 atom stereocenters. The molecule has 0 aliphatic carbocycles. The molecule has 350 valence electrons. The zero-order valence-corrected chi connectivity index (χ0v) is 38.8. The highest BCUT2D eigenvalue weighted by Crippen LogP contribution is 2.37. The van der Waals surface area contributed by atoms with Crippen LogP contribution in [-0.2, 0) is 16.0 Å². The Morgan fingerprint density at radius 1 is 0.985 bits per heavy atom. The number of phenolic OH excluding ortho intramolecular Hbond substituents is 1. The van der Waals surface area contributed by atoms with E-state index in [0.29, 0.717) is 41.5 Å². The van der Waals surface area contributed by atoms with E-state index in [0.717, 1.165) is 105 Å². The third kappa shape index (κ3) is 9.95. The lowest BCUT2D eigenvalue weighted by molar-refractivity contribution is -0.141. The van der Waals surface area contributed by atoms with Crippen molar-refractivity contribution in [3.63, 3.8) is 0 Å². The second kappa shape index (κ2) is 20.2. The van der Waals surface area contributed by atoms with Crippen LogP contribution in [0.1, 0.15) is 74.2 Å². The largest absolute Gasteiger partial charge is 0.507 e. The number of phenols is 1. The van der Waals surface area contributed by atoms with Gasteiger partial charge in [0.05, 0.1) is 51.9 Å².